The van der Waals surface area contributed by atoms with Crippen molar-refractivity contribution in [1.29, 1.82) is 0 Å². The van der Waals surface area contributed by atoms with Crippen LogP contribution in [-0.4, -0.2) is 16.1 Å². The molecule has 0 fully saturated rings. The van der Waals surface area contributed by atoms with Gasteiger partial charge in [-0.15, -0.1) is 11.8 Å². The Labute approximate surface area is 174 Å². The van der Waals surface area contributed by atoms with E-state index in [1.807, 2.05) is 74.5 Å². The molecule has 5 heteroatoms. The Morgan fingerprint density at radius 3 is 2.59 bits per heavy atom. The second kappa shape index (κ2) is 8.53. The average molecular weight is 403 g/mol. The Balaban J connectivity index is 1.38. The van der Waals surface area contributed by atoms with Gasteiger partial charge in [0.1, 0.15) is 5.52 Å². The van der Waals surface area contributed by atoms with Gasteiger partial charge in [-0.05, 0) is 61.4 Å². The van der Waals surface area contributed by atoms with Gasteiger partial charge in [0.2, 0.25) is 11.8 Å². The number of aromatic nitrogens is 1. The summed E-state index contributed by atoms with van der Waals surface area (Å²) in [5.41, 5.74) is 5.62. The number of oxazole rings is 1. The molecule has 0 radical (unpaired) electrons. The molecular weight excluding hydrogens is 380 g/mol. The van der Waals surface area contributed by atoms with Crippen molar-refractivity contribution in [3.05, 3.63) is 83.9 Å². The fraction of sp³-hybridized carbons (Fsp3) is 0.167. The number of anilines is 1. The van der Waals surface area contributed by atoms with Gasteiger partial charge in [-0.3, -0.25) is 4.79 Å². The highest BCUT2D eigenvalue weighted by Gasteiger charge is 2.14. The standard InChI is InChI=1S/C24H22N2O2S/c1-16-8-13-22-21(14-16)26-24(28-22)19-9-11-20(12-10-19)25-23(27)17(2)29-15-18-6-4-3-5-7-18/h3-14,17H,15H2,1-2H3,(H,25,27). The molecule has 3 aromatic carbocycles. The molecule has 0 spiro atoms. The molecule has 4 rings (SSSR count). The van der Waals surface area contributed by atoms with E-state index in [2.05, 4.69) is 22.4 Å². The van der Waals surface area contributed by atoms with Crippen molar-refractivity contribution in [2.75, 3.05) is 5.32 Å². The molecular formula is C24H22N2O2S. The summed E-state index contributed by atoms with van der Waals surface area (Å²) in [7, 11) is 0. The van der Waals surface area contributed by atoms with E-state index in [-0.39, 0.29) is 11.2 Å². The van der Waals surface area contributed by atoms with Crippen molar-refractivity contribution < 1.29 is 9.21 Å². The lowest BCUT2D eigenvalue weighted by Crippen LogP contribution is -2.22. The number of fused-ring (bicyclic) bond motifs is 1. The molecule has 1 atom stereocenters. The van der Waals surface area contributed by atoms with E-state index in [1.54, 1.807) is 11.8 Å². The van der Waals surface area contributed by atoms with Gasteiger partial charge >= 0.3 is 0 Å². The summed E-state index contributed by atoms with van der Waals surface area (Å²) in [4.78, 5) is 17.0. The third-order valence-corrected chi connectivity index (χ3v) is 5.87. The molecule has 0 saturated heterocycles. The smallest absolute Gasteiger partial charge is 0.237 e. The minimum Gasteiger partial charge on any atom is -0.436 e. The zero-order valence-electron chi connectivity index (χ0n) is 16.4. The predicted octanol–water partition coefficient (Wildman–Crippen LogP) is 6.06. The quantitative estimate of drug-likeness (QED) is 0.426. The number of nitrogens with one attached hydrogen (secondary N) is 1. The Morgan fingerprint density at radius 1 is 1.07 bits per heavy atom. The fourth-order valence-corrected chi connectivity index (χ4v) is 3.82. The van der Waals surface area contributed by atoms with Crippen LogP contribution in [0.25, 0.3) is 22.6 Å². The van der Waals surface area contributed by atoms with Gasteiger partial charge in [0.25, 0.3) is 0 Å². The molecule has 146 valence electrons. The van der Waals surface area contributed by atoms with E-state index in [4.69, 9.17) is 4.42 Å². The van der Waals surface area contributed by atoms with Crippen molar-refractivity contribution in [2.24, 2.45) is 0 Å². The number of hydrogen-bond donors (Lipinski definition) is 1. The maximum absolute atomic E-state index is 12.5. The molecule has 0 aliphatic carbocycles. The minimum absolute atomic E-state index is 0.00369. The molecule has 1 aromatic heterocycles. The maximum Gasteiger partial charge on any atom is 0.237 e. The molecule has 1 N–H and O–H groups in total. The van der Waals surface area contributed by atoms with Crippen molar-refractivity contribution in [2.45, 2.75) is 24.9 Å². The number of aryl methyl sites for hydroxylation is 1. The number of rotatable bonds is 6. The van der Waals surface area contributed by atoms with Crippen LogP contribution in [0.4, 0.5) is 5.69 Å². The summed E-state index contributed by atoms with van der Waals surface area (Å²) in [5.74, 6) is 1.39. The van der Waals surface area contributed by atoms with Crippen molar-refractivity contribution in [3.8, 4) is 11.5 Å². The summed E-state index contributed by atoms with van der Waals surface area (Å²) in [6.07, 6.45) is 0. The monoisotopic (exact) mass is 402 g/mol. The maximum atomic E-state index is 12.5. The number of hydrogen-bond acceptors (Lipinski definition) is 4. The Kier molecular flexibility index (Phi) is 5.67. The van der Waals surface area contributed by atoms with Crippen LogP contribution >= 0.6 is 11.8 Å². The van der Waals surface area contributed by atoms with E-state index in [1.165, 1.54) is 5.56 Å². The summed E-state index contributed by atoms with van der Waals surface area (Å²) in [6, 6.07) is 23.7. The van der Waals surface area contributed by atoms with Crippen molar-refractivity contribution >= 4 is 34.5 Å². The molecule has 4 aromatic rings. The van der Waals surface area contributed by atoms with Crippen LogP contribution in [0.5, 0.6) is 0 Å². The summed E-state index contributed by atoms with van der Waals surface area (Å²) >= 11 is 1.62. The van der Waals surface area contributed by atoms with Crippen molar-refractivity contribution in [3.63, 3.8) is 0 Å². The van der Waals surface area contributed by atoms with E-state index in [0.29, 0.717) is 5.89 Å². The van der Waals surface area contributed by atoms with Gasteiger partial charge in [-0.25, -0.2) is 4.98 Å². The predicted molar refractivity (Wildman–Crippen MR) is 120 cm³/mol. The molecule has 1 unspecified atom stereocenters. The SMILES string of the molecule is Cc1ccc2oc(-c3ccc(NC(=O)C(C)SCc4ccccc4)cc3)nc2c1. The third kappa shape index (κ3) is 4.69. The first-order chi connectivity index (χ1) is 14.1. The van der Waals surface area contributed by atoms with Gasteiger partial charge in [-0.1, -0.05) is 36.4 Å². The van der Waals surface area contributed by atoms with Gasteiger partial charge < -0.3 is 9.73 Å². The zero-order valence-corrected chi connectivity index (χ0v) is 17.2. The molecule has 0 bridgehead atoms. The average Bonchev–Trinajstić information content (AvgIpc) is 3.16. The van der Waals surface area contributed by atoms with E-state index in [9.17, 15) is 4.79 Å². The molecule has 4 nitrogen and oxygen atoms in total. The van der Waals surface area contributed by atoms with E-state index >= 15 is 0 Å². The topological polar surface area (TPSA) is 55.1 Å². The van der Waals surface area contributed by atoms with E-state index < -0.39 is 0 Å². The van der Waals surface area contributed by atoms with Crippen molar-refractivity contribution in [1.82, 2.24) is 4.98 Å². The van der Waals surface area contributed by atoms with Crippen LogP contribution in [0.1, 0.15) is 18.1 Å². The minimum atomic E-state index is -0.143. The second-order valence-electron chi connectivity index (χ2n) is 7.00. The molecule has 0 aliphatic heterocycles. The molecule has 0 saturated carbocycles. The summed E-state index contributed by atoms with van der Waals surface area (Å²) in [6.45, 7) is 3.96. The molecule has 1 heterocycles. The fourth-order valence-electron chi connectivity index (χ4n) is 2.97. The van der Waals surface area contributed by atoms with Crippen LogP contribution in [0.3, 0.4) is 0 Å². The summed E-state index contributed by atoms with van der Waals surface area (Å²) < 4.78 is 5.84. The highest BCUT2D eigenvalue weighted by atomic mass is 32.2. The largest absolute Gasteiger partial charge is 0.436 e. The number of carbonyl (C=O) groups excluding carboxylic acids is 1. The van der Waals surface area contributed by atoms with Crippen LogP contribution in [0.15, 0.2) is 77.2 Å². The molecule has 29 heavy (non-hydrogen) atoms. The third-order valence-electron chi connectivity index (χ3n) is 4.65. The Bertz CT molecular complexity index is 1120. The molecule has 0 aliphatic rings. The Hall–Kier alpha value is -3.05. The zero-order chi connectivity index (χ0) is 20.2. The first-order valence-corrected chi connectivity index (χ1v) is 10.6. The number of thioether (sulfide) groups is 1. The van der Waals surface area contributed by atoms with E-state index in [0.717, 1.165) is 33.7 Å². The van der Waals surface area contributed by atoms with Crippen LogP contribution in [0.2, 0.25) is 0 Å². The highest BCUT2D eigenvalue weighted by molar-refractivity contribution is 7.99. The first kappa shape index (κ1) is 19.3. The lowest BCUT2D eigenvalue weighted by Gasteiger charge is -2.12. The Morgan fingerprint density at radius 2 is 1.83 bits per heavy atom. The van der Waals surface area contributed by atoms with Crippen LogP contribution in [0, 0.1) is 6.92 Å². The lowest BCUT2D eigenvalue weighted by molar-refractivity contribution is -0.115. The number of benzene rings is 3. The van der Waals surface area contributed by atoms with Gasteiger partial charge in [0.05, 0.1) is 5.25 Å². The number of amides is 1. The van der Waals surface area contributed by atoms with Gasteiger partial charge in [0, 0.05) is 17.0 Å². The van der Waals surface area contributed by atoms with Crippen LogP contribution < -0.4 is 5.32 Å². The second-order valence-corrected chi connectivity index (χ2v) is 8.32. The summed E-state index contributed by atoms with van der Waals surface area (Å²) in [5, 5.41) is 2.84. The van der Waals surface area contributed by atoms with Crippen LogP contribution in [-0.2, 0) is 10.5 Å². The number of nitrogens with zero attached hydrogens (tertiary/aromatic N) is 1. The normalized spacial score (nSPS) is 12.1. The molecule has 1 amide bonds. The van der Waals surface area contributed by atoms with Gasteiger partial charge in [0.15, 0.2) is 5.58 Å². The first-order valence-electron chi connectivity index (χ1n) is 9.52. The van der Waals surface area contributed by atoms with Gasteiger partial charge in [-0.2, -0.15) is 0 Å². The highest BCUT2D eigenvalue weighted by Crippen LogP contribution is 2.26. The lowest BCUT2D eigenvalue weighted by atomic mass is 10.2. The number of carbonyl (C=O) groups is 1.